The minimum absolute atomic E-state index is 0.356. The van der Waals surface area contributed by atoms with E-state index >= 15 is 0 Å². The van der Waals surface area contributed by atoms with E-state index in [1.807, 2.05) is 6.20 Å². The minimum atomic E-state index is 0.356. The zero-order valence-corrected chi connectivity index (χ0v) is 14.0. The van der Waals surface area contributed by atoms with Gasteiger partial charge in [-0.15, -0.1) is 0 Å². The lowest BCUT2D eigenvalue weighted by atomic mass is 9.81. The smallest absolute Gasteiger partial charge is 0.158 e. The number of hydrogen-bond donors (Lipinski definition) is 0. The number of aromatic nitrogens is 1. The molecular formula is C19H23N3. The van der Waals surface area contributed by atoms with Crippen LogP contribution >= 0.6 is 0 Å². The average Bonchev–Trinajstić information content (AvgIpc) is 2.78. The van der Waals surface area contributed by atoms with Gasteiger partial charge in [0.15, 0.2) is 5.82 Å². The molecular weight excluding hydrogens is 270 g/mol. The van der Waals surface area contributed by atoms with Gasteiger partial charge in [0.2, 0.25) is 0 Å². The number of nitrogens with zero attached hydrogens (tertiary/aromatic N) is 3. The Morgan fingerprint density at radius 1 is 1.00 bits per heavy atom. The van der Waals surface area contributed by atoms with E-state index in [2.05, 4.69) is 68.8 Å². The van der Waals surface area contributed by atoms with Crippen LogP contribution in [0.3, 0.4) is 0 Å². The second-order valence-electron chi connectivity index (χ2n) is 6.96. The summed E-state index contributed by atoms with van der Waals surface area (Å²) in [7, 11) is 2.20. The second-order valence-corrected chi connectivity index (χ2v) is 6.96. The first kappa shape index (κ1) is 13.6. The Morgan fingerprint density at radius 2 is 1.77 bits per heavy atom. The molecule has 3 unspecified atom stereocenters. The predicted molar refractivity (Wildman–Crippen MR) is 92.1 cm³/mol. The normalized spacial score (nSPS) is 25.8. The predicted octanol–water partition coefficient (Wildman–Crippen LogP) is 4.37. The average molecular weight is 293 g/mol. The summed E-state index contributed by atoms with van der Waals surface area (Å²) in [6.45, 7) is 9.01. The summed E-state index contributed by atoms with van der Waals surface area (Å²) >= 11 is 0. The van der Waals surface area contributed by atoms with Crippen molar-refractivity contribution in [2.45, 2.75) is 39.8 Å². The van der Waals surface area contributed by atoms with Gasteiger partial charge in [-0.1, -0.05) is 31.5 Å². The van der Waals surface area contributed by atoms with Crippen LogP contribution < -0.4 is 9.80 Å². The highest BCUT2D eigenvalue weighted by molar-refractivity contribution is 5.83. The van der Waals surface area contributed by atoms with Crippen molar-refractivity contribution in [2.24, 2.45) is 5.92 Å². The number of anilines is 3. The quantitative estimate of drug-likeness (QED) is 0.719. The Kier molecular flexibility index (Phi) is 2.77. The van der Waals surface area contributed by atoms with Crippen molar-refractivity contribution in [1.29, 1.82) is 0 Å². The topological polar surface area (TPSA) is 19.4 Å². The minimum Gasteiger partial charge on any atom is -0.351 e. The molecule has 3 nitrogen and oxygen atoms in total. The zero-order chi connectivity index (χ0) is 15.6. The molecule has 0 amide bonds. The monoisotopic (exact) mass is 293 g/mol. The van der Waals surface area contributed by atoms with Crippen LogP contribution in [0.2, 0.25) is 0 Å². The number of benzene rings is 1. The fourth-order valence-electron chi connectivity index (χ4n) is 4.08. The molecule has 2 aliphatic heterocycles. The van der Waals surface area contributed by atoms with Gasteiger partial charge < -0.3 is 9.80 Å². The summed E-state index contributed by atoms with van der Waals surface area (Å²) in [6.07, 6.45) is 2.33. The summed E-state index contributed by atoms with van der Waals surface area (Å²) in [5.74, 6) is 2.20. The Labute approximate surface area is 132 Å². The molecule has 0 fully saturated rings. The van der Waals surface area contributed by atoms with Crippen molar-refractivity contribution in [3.63, 3.8) is 0 Å². The molecule has 0 aliphatic carbocycles. The number of rotatable bonds is 0. The van der Waals surface area contributed by atoms with E-state index in [1.165, 1.54) is 28.1 Å². The van der Waals surface area contributed by atoms with E-state index in [9.17, 15) is 0 Å². The Balaban J connectivity index is 1.97. The Bertz CT molecular complexity index is 752. The van der Waals surface area contributed by atoms with Crippen molar-refractivity contribution in [2.75, 3.05) is 16.8 Å². The number of fused-ring (bicyclic) bond motifs is 5. The highest BCUT2D eigenvalue weighted by atomic mass is 15.4. The zero-order valence-electron chi connectivity index (χ0n) is 14.0. The van der Waals surface area contributed by atoms with Crippen molar-refractivity contribution in [3.05, 3.63) is 47.2 Å². The molecule has 2 aromatic rings. The third-order valence-electron chi connectivity index (χ3n) is 5.45. The van der Waals surface area contributed by atoms with Crippen LogP contribution in [0.5, 0.6) is 0 Å². The number of pyridine rings is 1. The van der Waals surface area contributed by atoms with Gasteiger partial charge >= 0.3 is 0 Å². The molecule has 0 spiro atoms. The fraction of sp³-hybridized carbons (Fsp3) is 0.421. The highest BCUT2D eigenvalue weighted by Gasteiger charge is 2.45. The summed E-state index contributed by atoms with van der Waals surface area (Å²) in [6, 6.07) is 9.08. The summed E-state index contributed by atoms with van der Waals surface area (Å²) in [4.78, 5) is 9.60. The first-order valence-electron chi connectivity index (χ1n) is 8.08. The van der Waals surface area contributed by atoms with E-state index in [0.717, 1.165) is 5.82 Å². The lowest BCUT2D eigenvalue weighted by Gasteiger charge is -2.43. The van der Waals surface area contributed by atoms with E-state index in [4.69, 9.17) is 4.98 Å². The summed E-state index contributed by atoms with van der Waals surface area (Å²) in [5, 5.41) is 0. The third kappa shape index (κ3) is 1.65. The van der Waals surface area contributed by atoms with Gasteiger partial charge in [-0.05, 0) is 43.0 Å². The number of hydrogen-bond acceptors (Lipinski definition) is 3. The molecule has 2 aliphatic rings. The van der Waals surface area contributed by atoms with Gasteiger partial charge in [-0.2, -0.15) is 0 Å². The molecule has 0 N–H and O–H groups in total. The van der Waals surface area contributed by atoms with Crippen LogP contribution in [0.25, 0.3) is 0 Å². The van der Waals surface area contributed by atoms with Crippen molar-refractivity contribution in [1.82, 2.24) is 4.98 Å². The van der Waals surface area contributed by atoms with Gasteiger partial charge in [0.05, 0.1) is 5.69 Å². The van der Waals surface area contributed by atoms with Gasteiger partial charge in [0.25, 0.3) is 0 Å². The first-order chi connectivity index (χ1) is 10.5. The maximum atomic E-state index is 4.76. The fourth-order valence-corrected chi connectivity index (χ4v) is 4.08. The Morgan fingerprint density at radius 3 is 2.55 bits per heavy atom. The SMILES string of the molecule is Cc1ccc2c(c1)C(C)C(C)C1N(C)c3cc(C)cnc3N21. The Hall–Kier alpha value is -2.03. The lowest BCUT2D eigenvalue weighted by Crippen LogP contribution is -2.48. The van der Waals surface area contributed by atoms with Gasteiger partial charge in [-0.25, -0.2) is 4.98 Å². The lowest BCUT2D eigenvalue weighted by molar-refractivity contribution is 0.379. The van der Waals surface area contributed by atoms with Crippen molar-refractivity contribution < 1.29 is 0 Å². The standard InChI is InChI=1S/C19H23N3/c1-11-6-7-16-15(8-11)13(3)14(4)19-21(5)17-9-12(2)10-20-18(17)22(16)19/h6-10,13-14,19H,1-5H3. The molecule has 4 rings (SSSR count). The van der Waals surface area contributed by atoms with Crippen LogP contribution in [0.1, 0.15) is 36.5 Å². The molecule has 3 heterocycles. The van der Waals surface area contributed by atoms with E-state index in [0.29, 0.717) is 18.0 Å². The molecule has 1 aromatic heterocycles. The van der Waals surface area contributed by atoms with E-state index in [-0.39, 0.29) is 0 Å². The molecule has 1 aromatic carbocycles. The van der Waals surface area contributed by atoms with Crippen LogP contribution in [-0.2, 0) is 0 Å². The summed E-state index contributed by atoms with van der Waals surface area (Å²) < 4.78 is 0. The van der Waals surface area contributed by atoms with E-state index in [1.54, 1.807) is 0 Å². The molecule has 114 valence electrons. The highest BCUT2D eigenvalue weighted by Crippen LogP contribution is 2.52. The maximum Gasteiger partial charge on any atom is 0.158 e. The second kappa shape index (κ2) is 4.48. The third-order valence-corrected chi connectivity index (χ3v) is 5.45. The first-order valence-corrected chi connectivity index (χ1v) is 8.08. The van der Waals surface area contributed by atoms with E-state index < -0.39 is 0 Å². The molecule has 3 heteroatoms. The molecule has 22 heavy (non-hydrogen) atoms. The van der Waals surface area contributed by atoms with Crippen LogP contribution in [0.15, 0.2) is 30.5 Å². The van der Waals surface area contributed by atoms with Gasteiger partial charge in [-0.3, -0.25) is 0 Å². The number of aryl methyl sites for hydroxylation is 2. The summed E-state index contributed by atoms with van der Waals surface area (Å²) in [5.41, 5.74) is 6.57. The van der Waals surface area contributed by atoms with Gasteiger partial charge in [0, 0.05) is 24.8 Å². The maximum absolute atomic E-state index is 4.76. The van der Waals surface area contributed by atoms with Crippen LogP contribution in [0.4, 0.5) is 17.2 Å². The largest absolute Gasteiger partial charge is 0.351 e. The van der Waals surface area contributed by atoms with Crippen LogP contribution in [-0.4, -0.2) is 18.2 Å². The molecule has 0 saturated carbocycles. The van der Waals surface area contributed by atoms with Crippen molar-refractivity contribution >= 4 is 17.2 Å². The van der Waals surface area contributed by atoms with Gasteiger partial charge in [0.1, 0.15) is 6.17 Å². The molecule has 0 radical (unpaired) electrons. The molecule has 3 atom stereocenters. The van der Waals surface area contributed by atoms with Crippen molar-refractivity contribution in [3.8, 4) is 0 Å². The molecule has 0 saturated heterocycles. The molecule has 0 bridgehead atoms. The van der Waals surface area contributed by atoms with Crippen LogP contribution in [0, 0.1) is 19.8 Å².